The molecule has 0 radical (unpaired) electrons. The van der Waals surface area contributed by atoms with Gasteiger partial charge in [-0.15, -0.1) is 0 Å². The average Bonchev–Trinajstić information content (AvgIpc) is 2.41. The van der Waals surface area contributed by atoms with Crippen molar-refractivity contribution < 1.29 is 5.11 Å². The molecule has 2 rings (SSSR count). The Morgan fingerprint density at radius 3 is 2.44 bits per heavy atom. The molecule has 18 heavy (non-hydrogen) atoms. The summed E-state index contributed by atoms with van der Waals surface area (Å²) in [6.45, 7) is 0. The fourth-order valence-corrected chi connectivity index (χ4v) is 2.81. The molecule has 1 atom stereocenters. The van der Waals surface area contributed by atoms with Crippen molar-refractivity contribution in [1.29, 1.82) is 5.26 Å². The monoisotopic (exact) mass is 243 g/mol. The molecule has 1 aromatic carbocycles. The van der Waals surface area contributed by atoms with Crippen molar-refractivity contribution >= 4 is 0 Å². The molecule has 1 aliphatic carbocycles. The minimum absolute atomic E-state index is 0.213. The maximum absolute atomic E-state index is 9.60. The summed E-state index contributed by atoms with van der Waals surface area (Å²) in [5.74, 6) is 0.733. The Morgan fingerprint density at radius 1 is 1.17 bits per heavy atom. The van der Waals surface area contributed by atoms with Crippen LogP contribution in [0, 0.1) is 11.3 Å². The Hall–Kier alpha value is -1.33. The summed E-state index contributed by atoms with van der Waals surface area (Å²) in [6.07, 6.45) is 6.99. The summed E-state index contributed by atoms with van der Waals surface area (Å²) >= 11 is 0. The molecule has 0 aromatic heterocycles. The van der Waals surface area contributed by atoms with Gasteiger partial charge in [-0.25, -0.2) is 0 Å². The summed E-state index contributed by atoms with van der Waals surface area (Å²) in [6, 6.07) is 10.6. The molecule has 0 spiro atoms. The molecule has 0 amide bonds. The predicted molar refractivity (Wildman–Crippen MR) is 72.2 cm³/mol. The summed E-state index contributed by atoms with van der Waals surface area (Å²) < 4.78 is 0. The second-order valence-electron chi connectivity index (χ2n) is 5.30. The second kappa shape index (κ2) is 6.56. The van der Waals surface area contributed by atoms with Gasteiger partial charge in [-0.05, 0) is 36.3 Å². The fourth-order valence-electron chi connectivity index (χ4n) is 2.81. The number of hydrogen-bond donors (Lipinski definition) is 1. The minimum Gasteiger partial charge on any atom is -0.392 e. The predicted octanol–water partition coefficient (Wildman–Crippen LogP) is 3.55. The van der Waals surface area contributed by atoms with Crippen LogP contribution in [0.3, 0.4) is 0 Å². The lowest BCUT2D eigenvalue weighted by Gasteiger charge is -2.22. The lowest BCUT2D eigenvalue weighted by atomic mass is 9.84. The summed E-state index contributed by atoms with van der Waals surface area (Å²) in [4.78, 5) is 0. The zero-order valence-corrected chi connectivity index (χ0v) is 10.8. The second-order valence-corrected chi connectivity index (χ2v) is 5.30. The van der Waals surface area contributed by atoms with E-state index >= 15 is 0 Å². The van der Waals surface area contributed by atoms with Crippen molar-refractivity contribution in [1.82, 2.24) is 0 Å². The highest BCUT2D eigenvalue weighted by molar-refractivity contribution is 5.26. The van der Waals surface area contributed by atoms with E-state index in [-0.39, 0.29) is 6.42 Å². The standard InChI is InChI=1S/C16H21NO/c17-11-10-16(18)12-13-6-8-15(9-7-13)14-4-2-1-3-5-14/h6-9,14,16,18H,1-5,10,12H2/t16-/m0/s1. The van der Waals surface area contributed by atoms with E-state index in [1.807, 2.05) is 6.07 Å². The molecule has 0 saturated heterocycles. The zero-order valence-electron chi connectivity index (χ0n) is 10.8. The third kappa shape index (κ3) is 3.58. The number of nitrogens with zero attached hydrogens (tertiary/aromatic N) is 1. The van der Waals surface area contributed by atoms with Gasteiger partial charge in [0.1, 0.15) is 0 Å². The molecule has 1 fully saturated rings. The minimum atomic E-state index is -0.532. The molecular weight excluding hydrogens is 222 g/mol. The van der Waals surface area contributed by atoms with E-state index in [2.05, 4.69) is 24.3 Å². The average molecular weight is 243 g/mol. The lowest BCUT2D eigenvalue weighted by molar-refractivity contribution is 0.180. The normalized spacial score (nSPS) is 18.2. The largest absolute Gasteiger partial charge is 0.392 e. The van der Waals surface area contributed by atoms with Gasteiger partial charge in [-0.2, -0.15) is 5.26 Å². The Balaban J connectivity index is 1.94. The van der Waals surface area contributed by atoms with Crippen LogP contribution in [-0.4, -0.2) is 11.2 Å². The highest BCUT2D eigenvalue weighted by atomic mass is 16.3. The maximum Gasteiger partial charge on any atom is 0.0710 e. The van der Waals surface area contributed by atoms with Gasteiger partial charge >= 0.3 is 0 Å². The molecule has 0 bridgehead atoms. The van der Waals surface area contributed by atoms with Crippen LogP contribution in [0.1, 0.15) is 55.6 Å². The molecule has 0 heterocycles. The topological polar surface area (TPSA) is 44.0 Å². The van der Waals surface area contributed by atoms with E-state index in [0.29, 0.717) is 6.42 Å². The molecule has 1 saturated carbocycles. The Bertz CT molecular complexity index is 398. The van der Waals surface area contributed by atoms with Gasteiger partial charge < -0.3 is 5.11 Å². The van der Waals surface area contributed by atoms with E-state index in [1.165, 1.54) is 37.7 Å². The Morgan fingerprint density at radius 2 is 1.83 bits per heavy atom. The summed E-state index contributed by atoms with van der Waals surface area (Å²) in [7, 11) is 0. The first-order valence-electron chi connectivity index (χ1n) is 6.93. The van der Waals surface area contributed by atoms with Gasteiger partial charge in [-0.1, -0.05) is 43.5 Å². The van der Waals surface area contributed by atoms with Crippen molar-refractivity contribution in [3.8, 4) is 6.07 Å². The third-order valence-electron chi connectivity index (χ3n) is 3.85. The van der Waals surface area contributed by atoms with E-state index < -0.39 is 6.10 Å². The summed E-state index contributed by atoms with van der Waals surface area (Å²) in [5, 5.41) is 18.1. The van der Waals surface area contributed by atoms with Gasteiger partial charge in [0, 0.05) is 0 Å². The van der Waals surface area contributed by atoms with Gasteiger partial charge in [0.25, 0.3) is 0 Å². The molecule has 1 aromatic rings. The number of rotatable bonds is 4. The SMILES string of the molecule is N#CC[C@H](O)Cc1ccc(C2CCCCC2)cc1. The van der Waals surface area contributed by atoms with Crippen molar-refractivity contribution in [3.63, 3.8) is 0 Å². The molecule has 1 N–H and O–H groups in total. The van der Waals surface area contributed by atoms with Crippen LogP contribution in [0.5, 0.6) is 0 Å². The van der Waals surface area contributed by atoms with Crippen LogP contribution in [0.4, 0.5) is 0 Å². The number of benzene rings is 1. The highest BCUT2D eigenvalue weighted by Gasteiger charge is 2.15. The van der Waals surface area contributed by atoms with E-state index in [9.17, 15) is 5.11 Å². The van der Waals surface area contributed by atoms with Gasteiger partial charge in [-0.3, -0.25) is 0 Å². The molecule has 96 valence electrons. The molecule has 1 aliphatic rings. The van der Waals surface area contributed by atoms with Crippen LogP contribution in [-0.2, 0) is 6.42 Å². The van der Waals surface area contributed by atoms with Crippen LogP contribution in [0.2, 0.25) is 0 Å². The Labute approximate surface area is 109 Å². The summed E-state index contributed by atoms with van der Waals surface area (Å²) in [5.41, 5.74) is 2.56. The molecule has 2 heteroatoms. The quantitative estimate of drug-likeness (QED) is 0.878. The number of aliphatic hydroxyl groups excluding tert-OH is 1. The smallest absolute Gasteiger partial charge is 0.0710 e. The van der Waals surface area contributed by atoms with Crippen molar-refractivity contribution in [2.45, 2.75) is 57.0 Å². The van der Waals surface area contributed by atoms with Crippen molar-refractivity contribution in [2.24, 2.45) is 0 Å². The lowest BCUT2D eigenvalue weighted by Crippen LogP contribution is -2.09. The van der Waals surface area contributed by atoms with Crippen molar-refractivity contribution in [3.05, 3.63) is 35.4 Å². The first-order valence-corrected chi connectivity index (χ1v) is 6.93. The fraction of sp³-hybridized carbons (Fsp3) is 0.562. The van der Waals surface area contributed by atoms with Gasteiger partial charge in [0.05, 0.1) is 18.6 Å². The zero-order chi connectivity index (χ0) is 12.8. The molecular formula is C16H21NO. The maximum atomic E-state index is 9.60. The van der Waals surface area contributed by atoms with Crippen LogP contribution in [0.15, 0.2) is 24.3 Å². The van der Waals surface area contributed by atoms with Crippen LogP contribution in [0.25, 0.3) is 0 Å². The first kappa shape index (κ1) is 13.1. The third-order valence-corrected chi connectivity index (χ3v) is 3.85. The van der Waals surface area contributed by atoms with E-state index in [1.54, 1.807) is 0 Å². The van der Waals surface area contributed by atoms with Crippen molar-refractivity contribution in [2.75, 3.05) is 0 Å². The molecule has 0 aliphatic heterocycles. The number of aliphatic hydroxyl groups is 1. The number of hydrogen-bond acceptors (Lipinski definition) is 2. The van der Waals surface area contributed by atoms with E-state index in [4.69, 9.17) is 5.26 Å². The van der Waals surface area contributed by atoms with E-state index in [0.717, 1.165) is 11.5 Å². The molecule has 0 unspecified atom stereocenters. The molecule has 2 nitrogen and oxygen atoms in total. The highest BCUT2D eigenvalue weighted by Crippen LogP contribution is 2.32. The van der Waals surface area contributed by atoms with Crippen LogP contribution < -0.4 is 0 Å². The Kier molecular flexibility index (Phi) is 4.78. The van der Waals surface area contributed by atoms with Gasteiger partial charge in [0.15, 0.2) is 0 Å². The number of nitriles is 1. The van der Waals surface area contributed by atoms with Gasteiger partial charge in [0.2, 0.25) is 0 Å². The first-order chi connectivity index (χ1) is 8.79. The van der Waals surface area contributed by atoms with Crippen LogP contribution >= 0.6 is 0 Å².